The molecular weight excluding hydrogens is 341 g/mol. The smallest absolute Gasteiger partial charge is 0.225 e. The molecular formula is C15H25Cl2N3OS. The van der Waals surface area contributed by atoms with Gasteiger partial charge in [0.05, 0.1) is 12.2 Å². The fraction of sp³-hybridized carbons (Fsp3) is 0.733. The van der Waals surface area contributed by atoms with Gasteiger partial charge >= 0.3 is 0 Å². The average molecular weight is 366 g/mol. The number of thiazole rings is 1. The third-order valence-electron chi connectivity index (χ3n) is 4.55. The molecule has 1 aliphatic heterocycles. The first-order valence-electron chi connectivity index (χ1n) is 7.58. The topological polar surface area (TPSA) is 45.2 Å². The van der Waals surface area contributed by atoms with Crippen LogP contribution in [0.5, 0.6) is 0 Å². The van der Waals surface area contributed by atoms with Crippen LogP contribution >= 0.6 is 36.2 Å². The van der Waals surface area contributed by atoms with E-state index in [1.165, 1.54) is 29.8 Å². The van der Waals surface area contributed by atoms with Gasteiger partial charge in [-0.05, 0) is 44.7 Å². The number of carbonyl (C=O) groups excluding carboxylic acids is 1. The molecule has 1 saturated heterocycles. The molecule has 1 unspecified atom stereocenters. The number of aryl methyl sites for hydroxylation is 2. The molecule has 1 aliphatic carbocycles. The van der Waals surface area contributed by atoms with Crippen molar-refractivity contribution in [1.82, 2.24) is 15.2 Å². The van der Waals surface area contributed by atoms with E-state index in [0.717, 1.165) is 24.5 Å². The fourth-order valence-corrected chi connectivity index (χ4v) is 4.18. The van der Waals surface area contributed by atoms with E-state index in [9.17, 15) is 4.79 Å². The van der Waals surface area contributed by atoms with E-state index < -0.39 is 0 Å². The second-order valence-electron chi connectivity index (χ2n) is 6.09. The summed E-state index contributed by atoms with van der Waals surface area (Å²) in [5, 5.41) is 4.34. The highest BCUT2D eigenvalue weighted by Gasteiger charge is 2.30. The molecule has 2 heterocycles. The lowest BCUT2D eigenvalue weighted by Gasteiger charge is -2.33. The highest BCUT2D eigenvalue weighted by Crippen LogP contribution is 2.27. The van der Waals surface area contributed by atoms with Crippen molar-refractivity contribution < 1.29 is 4.79 Å². The van der Waals surface area contributed by atoms with Crippen LogP contribution in [0.4, 0.5) is 0 Å². The summed E-state index contributed by atoms with van der Waals surface area (Å²) < 4.78 is 0. The fourth-order valence-electron chi connectivity index (χ4n) is 2.97. The number of rotatable bonds is 4. The van der Waals surface area contributed by atoms with Crippen molar-refractivity contribution in [2.24, 2.45) is 11.8 Å². The monoisotopic (exact) mass is 365 g/mol. The van der Waals surface area contributed by atoms with Crippen LogP contribution in [0.25, 0.3) is 0 Å². The first-order chi connectivity index (χ1) is 9.65. The quantitative estimate of drug-likeness (QED) is 0.891. The van der Waals surface area contributed by atoms with E-state index in [1.54, 1.807) is 11.3 Å². The van der Waals surface area contributed by atoms with Gasteiger partial charge in [-0.3, -0.25) is 4.79 Å². The molecule has 7 heteroatoms. The Hall–Kier alpha value is -0.360. The van der Waals surface area contributed by atoms with Crippen LogP contribution in [0.1, 0.15) is 35.3 Å². The summed E-state index contributed by atoms with van der Waals surface area (Å²) in [4.78, 5) is 20.4. The third-order valence-corrected chi connectivity index (χ3v) is 5.69. The zero-order valence-electron chi connectivity index (χ0n) is 13.1. The van der Waals surface area contributed by atoms with Crippen LogP contribution in [0.2, 0.25) is 0 Å². The van der Waals surface area contributed by atoms with Gasteiger partial charge in [0.2, 0.25) is 5.91 Å². The standard InChI is InChI=1S/C15H23N3OS.2ClH/c1-10(11-7-16-8-11)15(19)18(2)9-14-17-12-5-3-4-6-13(12)20-14;;/h10-11,16H,3-9H2,1-2H3;2*1H. The summed E-state index contributed by atoms with van der Waals surface area (Å²) in [6.07, 6.45) is 4.84. The van der Waals surface area contributed by atoms with Gasteiger partial charge < -0.3 is 10.2 Å². The van der Waals surface area contributed by atoms with E-state index in [0.29, 0.717) is 12.5 Å². The van der Waals surface area contributed by atoms with Crippen molar-refractivity contribution in [3.63, 3.8) is 0 Å². The molecule has 1 N–H and O–H groups in total. The predicted octanol–water partition coefficient (Wildman–Crippen LogP) is 2.68. The molecule has 0 spiro atoms. The Bertz CT molecular complexity index is 481. The number of fused-ring (bicyclic) bond motifs is 1. The van der Waals surface area contributed by atoms with Gasteiger partial charge in [-0.25, -0.2) is 4.98 Å². The van der Waals surface area contributed by atoms with Crippen LogP contribution in [-0.2, 0) is 24.2 Å². The summed E-state index contributed by atoms with van der Waals surface area (Å²) in [6, 6.07) is 0. The van der Waals surface area contributed by atoms with Gasteiger partial charge in [-0.2, -0.15) is 0 Å². The lowest BCUT2D eigenvalue weighted by atomic mass is 9.88. The molecule has 3 rings (SSSR count). The van der Waals surface area contributed by atoms with E-state index in [-0.39, 0.29) is 36.6 Å². The normalized spacial score (nSPS) is 18.3. The third kappa shape index (κ3) is 4.13. The number of nitrogens with one attached hydrogen (secondary N) is 1. The second-order valence-corrected chi connectivity index (χ2v) is 7.25. The van der Waals surface area contributed by atoms with Crippen molar-refractivity contribution in [3.8, 4) is 0 Å². The Morgan fingerprint density at radius 3 is 2.64 bits per heavy atom. The molecule has 1 atom stereocenters. The summed E-state index contributed by atoms with van der Waals surface area (Å²) in [5.41, 5.74) is 1.29. The number of aromatic nitrogens is 1. The van der Waals surface area contributed by atoms with E-state index in [2.05, 4.69) is 12.2 Å². The van der Waals surface area contributed by atoms with Gasteiger partial charge in [-0.15, -0.1) is 36.2 Å². The predicted molar refractivity (Wildman–Crippen MR) is 95.2 cm³/mol. The van der Waals surface area contributed by atoms with Crippen LogP contribution in [0.15, 0.2) is 0 Å². The number of hydrogen-bond acceptors (Lipinski definition) is 4. The Morgan fingerprint density at radius 1 is 1.36 bits per heavy atom. The SMILES string of the molecule is CC(C(=O)N(C)Cc1nc2c(s1)CCCC2)C1CNC1.Cl.Cl. The molecule has 2 aliphatic rings. The molecule has 0 aromatic carbocycles. The Morgan fingerprint density at radius 2 is 2.05 bits per heavy atom. The van der Waals surface area contributed by atoms with Crippen molar-refractivity contribution in [2.45, 2.75) is 39.2 Å². The maximum Gasteiger partial charge on any atom is 0.225 e. The minimum Gasteiger partial charge on any atom is -0.339 e. The van der Waals surface area contributed by atoms with Gasteiger partial charge in [0.15, 0.2) is 0 Å². The largest absolute Gasteiger partial charge is 0.339 e. The molecule has 0 bridgehead atoms. The number of amides is 1. The molecule has 1 fully saturated rings. The van der Waals surface area contributed by atoms with Gasteiger partial charge in [0.25, 0.3) is 0 Å². The van der Waals surface area contributed by atoms with Crippen molar-refractivity contribution in [1.29, 1.82) is 0 Å². The van der Waals surface area contributed by atoms with Gasteiger partial charge in [-0.1, -0.05) is 6.92 Å². The molecule has 0 radical (unpaired) electrons. The summed E-state index contributed by atoms with van der Waals surface area (Å²) in [5.74, 6) is 0.884. The Balaban J connectivity index is 0.00000121. The maximum atomic E-state index is 12.4. The highest BCUT2D eigenvalue weighted by molar-refractivity contribution is 7.11. The number of carbonyl (C=O) groups is 1. The van der Waals surface area contributed by atoms with Gasteiger partial charge in [0.1, 0.15) is 5.01 Å². The molecule has 126 valence electrons. The van der Waals surface area contributed by atoms with E-state index >= 15 is 0 Å². The maximum absolute atomic E-state index is 12.4. The number of hydrogen-bond donors (Lipinski definition) is 1. The minimum absolute atomic E-state index is 0. The van der Waals surface area contributed by atoms with Crippen molar-refractivity contribution >= 4 is 42.1 Å². The molecule has 1 aromatic heterocycles. The first-order valence-corrected chi connectivity index (χ1v) is 8.40. The second kappa shape index (κ2) is 8.48. The van der Waals surface area contributed by atoms with E-state index in [1.807, 2.05) is 11.9 Å². The van der Waals surface area contributed by atoms with Crippen LogP contribution in [-0.4, -0.2) is 35.9 Å². The Labute approximate surface area is 148 Å². The van der Waals surface area contributed by atoms with Crippen molar-refractivity contribution in [2.75, 3.05) is 20.1 Å². The first kappa shape index (κ1) is 19.7. The lowest BCUT2D eigenvalue weighted by Crippen LogP contribution is -2.49. The number of nitrogens with zero attached hydrogens (tertiary/aromatic N) is 2. The zero-order valence-corrected chi connectivity index (χ0v) is 15.6. The summed E-state index contributed by atoms with van der Waals surface area (Å²) in [7, 11) is 1.91. The summed E-state index contributed by atoms with van der Waals surface area (Å²) in [6.45, 7) is 4.68. The average Bonchev–Trinajstić information content (AvgIpc) is 2.77. The molecule has 4 nitrogen and oxygen atoms in total. The highest BCUT2D eigenvalue weighted by atomic mass is 35.5. The molecule has 0 saturated carbocycles. The Kier molecular flexibility index (Phi) is 7.59. The zero-order chi connectivity index (χ0) is 14.1. The molecule has 22 heavy (non-hydrogen) atoms. The lowest BCUT2D eigenvalue weighted by molar-refractivity contribution is -0.136. The van der Waals surface area contributed by atoms with Crippen molar-refractivity contribution in [3.05, 3.63) is 15.6 Å². The molecule has 1 aromatic rings. The summed E-state index contributed by atoms with van der Waals surface area (Å²) >= 11 is 1.80. The minimum atomic E-state index is 0. The number of halogens is 2. The van der Waals surface area contributed by atoms with Crippen LogP contribution < -0.4 is 5.32 Å². The van der Waals surface area contributed by atoms with Crippen LogP contribution in [0.3, 0.4) is 0 Å². The van der Waals surface area contributed by atoms with Crippen LogP contribution in [0, 0.1) is 11.8 Å². The van der Waals surface area contributed by atoms with E-state index in [4.69, 9.17) is 4.98 Å². The van der Waals surface area contributed by atoms with Gasteiger partial charge in [0, 0.05) is 17.8 Å². The molecule has 1 amide bonds.